The van der Waals surface area contributed by atoms with Gasteiger partial charge < -0.3 is 10.4 Å². The van der Waals surface area contributed by atoms with Crippen molar-refractivity contribution in [2.75, 3.05) is 5.75 Å². The second kappa shape index (κ2) is 34.4. The highest BCUT2D eigenvalue weighted by Crippen LogP contribution is 2.10. The second-order valence-corrected chi connectivity index (χ2v) is 13.9. The van der Waals surface area contributed by atoms with Crippen molar-refractivity contribution in [1.29, 1.82) is 0 Å². The standard InChI is InChI=1S/C41H69NO5S/c1-3-5-7-9-11-13-15-17-19-20-21-23-24-26-28-30-32-34-36-40(43)39(38-48(45,46)47)42-41(44)37-35-33-31-29-27-25-22-18-16-14-12-10-8-6-4-2/h6,8,12,14,18,20-22,26-29,34,36,39-40,43H,3-5,7,9-11,13,15-17,19,23-25,30-33,35,37-38H2,1-2H3,(H,42,44)(H,45,46,47)/b8-6-,14-12-,21-20+,22-18-,28-26+,29-27-,36-34+. The van der Waals surface area contributed by atoms with Crippen LogP contribution >= 0.6 is 0 Å². The number of carbonyl (C=O) groups is 1. The van der Waals surface area contributed by atoms with Gasteiger partial charge >= 0.3 is 0 Å². The van der Waals surface area contributed by atoms with Crippen LogP contribution in [-0.2, 0) is 14.9 Å². The lowest BCUT2D eigenvalue weighted by molar-refractivity contribution is -0.122. The van der Waals surface area contributed by atoms with E-state index in [9.17, 15) is 22.9 Å². The molecule has 48 heavy (non-hydrogen) atoms. The van der Waals surface area contributed by atoms with Crippen LogP contribution in [-0.4, -0.2) is 41.9 Å². The molecule has 1 amide bonds. The Morgan fingerprint density at radius 1 is 0.583 bits per heavy atom. The van der Waals surface area contributed by atoms with Crippen LogP contribution in [0.2, 0.25) is 0 Å². The van der Waals surface area contributed by atoms with Crippen LogP contribution in [0, 0.1) is 0 Å². The lowest BCUT2D eigenvalue weighted by Crippen LogP contribution is -2.46. The van der Waals surface area contributed by atoms with Crippen LogP contribution in [0.5, 0.6) is 0 Å². The fourth-order valence-electron chi connectivity index (χ4n) is 5.00. The maximum atomic E-state index is 12.4. The molecule has 0 aliphatic carbocycles. The Morgan fingerprint density at radius 3 is 1.56 bits per heavy atom. The topological polar surface area (TPSA) is 104 Å². The molecule has 0 saturated heterocycles. The molecule has 274 valence electrons. The van der Waals surface area contributed by atoms with Gasteiger partial charge in [-0.2, -0.15) is 8.42 Å². The normalized spacial score (nSPS) is 14.3. The molecule has 0 aliphatic rings. The van der Waals surface area contributed by atoms with Gasteiger partial charge in [0, 0.05) is 6.42 Å². The number of nitrogens with one attached hydrogen (secondary N) is 1. The van der Waals surface area contributed by atoms with E-state index in [0.717, 1.165) is 64.2 Å². The average molecular weight is 688 g/mol. The van der Waals surface area contributed by atoms with Gasteiger partial charge in [0.25, 0.3) is 10.1 Å². The third-order valence-corrected chi connectivity index (χ3v) is 8.56. The van der Waals surface area contributed by atoms with Crippen molar-refractivity contribution in [1.82, 2.24) is 5.32 Å². The zero-order chi connectivity index (χ0) is 35.4. The van der Waals surface area contributed by atoms with E-state index < -0.39 is 28.0 Å². The first kappa shape index (κ1) is 45.5. The van der Waals surface area contributed by atoms with Gasteiger partial charge in [-0.05, 0) is 83.5 Å². The van der Waals surface area contributed by atoms with Gasteiger partial charge in [0.1, 0.15) is 0 Å². The Bertz CT molecular complexity index is 1070. The number of carbonyl (C=O) groups excluding carboxylic acids is 1. The molecule has 0 heterocycles. The lowest BCUT2D eigenvalue weighted by Gasteiger charge is -2.21. The highest BCUT2D eigenvalue weighted by atomic mass is 32.2. The van der Waals surface area contributed by atoms with Crippen molar-refractivity contribution >= 4 is 16.0 Å². The quantitative estimate of drug-likeness (QED) is 0.0371. The molecule has 0 aliphatic heterocycles. The zero-order valence-corrected chi connectivity index (χ0v) is 31.1. The minimum absolute atomic E-state index is 0.227. The number of unbranched alkanes of at least 4 members (excludes halogenated alkanes) is 12. The molecule has 7 heteroatoms. The van der Waals surface area contributed by atoms with E-state index in [1.165, 1.54) is 57.4 Å². The van der Waals surface area contributed by atoms with E-state index in [0.29, 0.717) is 12.8 Å². The third-order valence-electron chi connectivity index (χ3n) is 7.78. The van der Waals surface area contributed by atoms with Crippen molar-refractivity contribution in [3.05, 3.63) is 85.1 Å². The van der Waals surface area contributed by atoms with Gasteiger partial charge in [0.2, 0.25) is 5.91 Å². The maximum absolute atomic E-state index is 12.4. The molecule has 2 atom stereocenters. The Balaban J connectivity index is 4.16. The number of amides is 1. The first-order valence-corrected chi connectivity index (χ1v) is 20.4. The first-order valence-electron chi connectivity index (χ1n) is 18.8. The van der Waals surface area contributed by atoms with Crippen LogP contribution in [0.3, 0.4) is 0 Å². The molecule has 0 aromatic heterocycles. The largest absolute Gasteiger partial charge is 0.387 e. The number of hydrogen-bond donors (Lipinski definition) is 3. The van der Waals surface area contributed by atoms with Crippen LogP contribution < -0.4 is 5.32 Å². The van der Waals surface area contributed by atoms with Crippen molar-refractivity contribution in [2.45, 2.75) is 161 Å². The molecule has 6 nitrogen and oxygen atoms in total. The monoisotopic (exact) mass is 687 g/mol. The summed E-state index contributed by atoms with van der Waals surface area (Å²) in [6, 6.07) is -1.11. The van der Waals surface area contributed by atoms with Gasteiger partial charge in [-0.1, -0.05) is 144 Å². The van der Waals surface area contributed by atoms with Crippen LogP contribution in [0.15, 0.2) is 85.1 Å². The van der Waals surface area contributed by atoms with E-state index in [2.05, 4.69) is 92.1 Å². The van der Waals surface area contributed by atoms with Crippen molar-refractivity contribution in [3.8, 4) is 0 Å². The molecule has 2 unspecified atom stereocenters. The smallest absolute Gasteiger partial charge is 0.267 e. The summed E-state index contributed by atoms with van der Waals surface area (Å²) in [6.45, 7) is 4.38. The van der Waals surface area contributed by atoms with Gasteiger partial charge in [-0.3, -0.25) is 9.35 Å². The van der Waals surface area contributed by atoms with Crippen LogP contribution in [0.4, 0.5) is 0 Å². The highest BCUT2D eigenvalue weighted by Gasteiger charge is 2.24. The van der Waals surface area contributed by atoms with E-state index >= 15 is 0 Å². The molecule has 0 rings (SSSR count). The van der Waals surface area contributed by atoms with E-state index in [4.69, 9.17) is 0 Å². The molecule has 0 fully saturated rings. The van der Waals surface area contributed by atoms with Crippen LogP contribution in [0.1, 0.15) is 149 Å². The minimum atomic E-state index is -4.37. The summed E-state index contributed by atoms with van der Waals surface area (Å²) in [7, 11) is -4.37. The van der Waals surface area contributed by atoms with Gasteiger partial charge in [0.05, 0.1) is 17.9 Å². The van der Waals surface area contributed by atoms with Gasteiger partial charge in [-0.25, -0.2) is 0 Å². The first-order chi connectivity index (χ1) is 23.3. The Morgan fingerprint density at radius 2 is 1.02 bits per heavy atom. The third kappa shape index (κ3) is 34.8. The molecule has 0 bridgehead atoms. The molecule has 0 radical (unpaired) electrons. The number of allylic oxidation sites excluding steroid dienone is 13. The SMILES string of the molecule is CC/C=C\C/C=C\C/C=C\C/C=C\CCCCC(=O)NC(CS(=O)(=O)O)C(O)/C=C/CC/C=C/CC/C=C/CCCCCCCCCC. The highest BCUT2D eigenvalue weighted by molar-refractivity contribution is 7.85. The Kier molecular flexibility index (Phi) is 32.6. The van der Waals surface area contributed by atoms with Crippen molar-refractivity contribution in [3.63, 3.8) is 0 Å². The maximum Gasteiger partial charge on any atom is 0.267 e. The molecule has 0 spiro atoms. The number of rotatable bonds is 32. The predicted octanol–water partition coefficient (Wildman–Crippen LogP) is 10.8. The Labute approximate surface area is 295 Å². The fraction of sp³-hybridized carbons (Fsp3) is 0.634. The molecular formula is C41H69NO5S. The molecule has 0 saturated carbocycles. The predicted molar refractivity (Wildman–Crippen MR) is 207 cm³/mol. The zero-order valence-electron chi connectivity index (χ0n) is 30.3. The van der Waals surface area contributed by atoms with E-state index in [1.807, 2.05) is 0 Å². The molecule has 0 aromatic carbocycles. The number of aliphatic hydroxyl groups excluding tert-OH is 1. The molecule has 3 N–H and O–H groups in total. The van der Waals surface area contributed by atoms with Crippen molar-refractivity contribution in [2.24, 2.45) is 0 Å². The van der Waals surface area contributed by atoms with E-state index in [1.54, 1.807) is 6.08 Å². The summed E-state index contributed by atoms with van der Waals surface area (Å²) in [5.74, 6) is -1.07. The second-order valence-electron chi connectivity index (χ2n) is 12.4. The Hall–Kier alpha value is -2.48. The summed E-state index contributed by atoms with van der Waals surface area (Å²) in [6.07, 6.45) is 50.0. The fourth-order valence-corrected chi connectivity index (χ4v) is 5.73. The molecular weight excluding hydrogens is 619 g/mol. The van der Waals surface area contributed by atoms with Crippen molar-refractivity contribution < 1.29 is 22.9 Å². The lowest BCUT2D eigenvalue weighted by atomic mass is 10.1. The summed E-state index contributed by atoms with van der Waals surface area (Å²) >= 11 is 0. The summed E-state index contributed by atoms with van der Waals surface area (Å²) in [4.78, 5) is 12.4. The molecule has 0 aromatic rings. The van der Waals surface area contributed by atoms with Gasteiger partial charge in [-0.15, -0.1) is 0 Å². The van der Waals surface area contributed by atoms with Crippen LogP contribution in [0.25, 0.3) is 0 Å². The number of aliphatic hydroxyl groups is 1. The number of hydrogen-bond acceptors (Lipinski definition) is 4. The van der Waals surface area contributed by atoms with E-state index in [-0.39, 0.29) is 12.3 Å². The summed E-state index contributed by atoms with van der Waals surface area (Å²) in [5.41, 5.74) is 0. The summed E-state index contributed by atoms with van der Waals surface area (Å²) in [5, 5.41) is 13.1. The minimum Gasteiger partial charge on any atom is -0.387 e. The average Bonchev–Trinajstić information content (AvgIpc) is 3.05. The summed E-state index contributed by atoms with van der Waals surface area (Å²) < 4.78 is 32.4. The van der Waals surface area contributed by atoms with Gasteiger partial charge in [0.15, 0.2) is 0 Å².